The van der Waals surface area contributed by atoms with E-state index in [1.807, 2.05) is 6.07 Å². The smallest absolute Gasteiger partial charge is 0.328 e. The molecule has 2 fully saturated rings. The molecular formula is C26H28N6O6. The van der Waals surface area contributed by atoms with Crippen molar-refractivity contribution in [2.24, 2.45) is 0 Å². The lowest BCUT2D eigenvalue weighted by Gasteiger charge is -2.35. The van der Waals surface area contributed by atoms with Crippen LogP contribution < -0.4 is 15.0 Å². The number of nitrogens with zero attached hydrogens (tertiary/aromatic N) is 5. The summed E-state index contributed by atoms with van der Waals surface area (Å²) in [5.41, 5.74) is 1.90. The number of hydrogen-bond acceptors (Lipinski definition) is 9. The molecule has 12 nitrogen and oxygen atoms in total. The van der Waals surface area contributed by atoms with Crippen molar-refractivity contribution in [1.29, 1.82) is 5.26 Å². The average Bonchev–Trinajstić information content (AvgIpc) is 2.92. The van der Waals surface area contributed by atoms with Gasteiger partial charge in [-0.3, -0.25) is 19.8 Å². The number of pyridine rings is 2. The molecule has 1 saturated carbocycles. The van der Waals surface area contributed by atoms with Gasteiger partial charge in [0.15, 0.2) is 6.29 Å². The Bertz CT molecular complexity index is 1290. The van der Waals surface area contributed by atoms with Crippen molar-refractivity contribution in [3.63, 3.8) is 0 Å². The Hall–Kier alpha value is -4.08. The van der Waals surface area contributed by atoms with Crippen molar-refractivity contribution in [1.82, 2.24) is 14.9 Å². The van der Waals surface area contributed by atoms with E-state index < -0.39 is 6.03 Å². The number of anilines is 2. The first-order valence-corrected chi connectivity index (χ1v) is 12.5. The fourth-order valence-electron chi connectivity index (χ4n) is 4.78. The third-order valence-corrected chi connectivity index (χ3v) is 7.03. The lowest BCUT2D eigenvalue weighted by Crippen LogP contribution is -2.43. The number of hydrogen-bond donors (Lipinski definition) is 1. The van der Waals surface area contributed by atoms with E-state index in [9.17, 15) is 19.6 Å². The Morgan fingerprint density at radius 1 is 1.32 bits per heavy atom. The molecule has 38 heavy (non-hydrogen) atoms. The summed E-state index contributed by atoms with van der Waals surface area (Å²) in [7, 11) is 1.62. The van der Waals surface area contributed by atoms with Gasteiger partial charge in [-0.15, -0.1) is 0 Å². The summed E-state index contributed by atoms with van der Waals surface area (Å²) in [6.45, 7) is 1.57. The van der Waals surface area contributed by atoms with Crippen molar-refractivity contribution in [3.05, 3.63) is 40.7 Å². The van der Waals surface area contributed by atoms with Crippen LogP contribution in [0.5, 0.6) is 5.75 Å². The number of aromatic nitrogens is 2. The molecule has 198 valence electrons. The molecule has 2 aromatic heterocycles. The molecule has 1 unspecified atom stereocenters. The Balaban J connectivity index is 1.34. The van der Waals surface area contributed by atoms with E-state index in [2.05, 4.69) is 21.4 Å². The summed E-state index contributed by atoms with van der Waals surface area (Å²) < 4.78 is 16.5. The molecule has 5 rings (SSSR count). The highest BCUT2D eigenvalue weighted by atomic mass is 16.5. The van der Waals surface area contributed by atoms with Crippen molar-refractivity contribution in [2.45, 2.75) is 44.4 Å². The summed E-state index contributed by atoms with van der Waals surface area (Å²) in [6, 6.07) is 4.98. The molecule has 3 amide bonds. The second-order valence-electron chi connectivity index (χ2n) is 9.37. The Kier molecular flexibility index (Phi) is 7.48. The van der Waals surface area contributed by atoms with Gasteiger partial charge in [-0.25, -0.2) is 14.8 Å². The maximum absolute atomic E-state index is 13.3. The van der Waals surface area contributed by atoms with E-state index in [4.69, 9.17) is 14.2 Å². The summed E-state index contributed by atoms with van der Waals surface area (Å²) in [5.74, 6) is 0.810. The highest BCUT2D eigenvalue weighted by molar-refractivity contribution is 6.01. The Labute approximate surface area is 219 Å². The summed E-state index contributed by atoms with van der Waals surface area (Å²) >= 11 is 0. The van der Waals surface area contributed by atoms with Crippen molar-refractivity contribution in [2.75, 3.05) is 43.6 Å². The minimum absolute atomic E-state index is 0.0203. The van der Waals surface area contributed by atoms with E-state index in [1.165, 1.54) is 17.2 Å². The minimum Gasteiger partial charge on any atom is -0.486 e. The molecule has 0 radical (unpaired) electrons. The van der Waals surface area contributed by atoms with Gasteiger partial charge in [0.25, 0.3) is 0 Å². The Morgan fingerprint density at radius 2 is 2.16 bits per heavy atom. The first-order valence-electron chi connectivity index (χ1n) is 12.5. The van der Waals surface area contributed by atoms with Gasteiger partial charge in [-0.05, 0) is 37.3 Å². The maximum atomic E-state index is 13.3. The minimum atomic E-state index is -0.465. The molecule has 2 aliphatic heterocycles. The molecule has 0 aromatic carbocycles. The molecule has 0 spiro atoms. The van der Waals surface area contributed by atoms with E-state index >= 15 is 0 Å². The van der Waals surface area contributed by atoms with Crippen LogP contribution in [0.1, 0.15) is 46.4 Å². The average molecular weight is 521 g/mol. The number of urea groups is 1. The second-order valence-corrected chi connectivity index (χ2v) is 9.37. The van der Waals surface area contributed by atoms with E-state index in [0.717, 1.165) is 18.4 Å². The van der Waals surface area contributed by atoms with Gasteiger partial charge in [-0.1, -0.05) is 0 Å². The molecule has 1 N–H and O–H groups in total. The highest BCUT2D eigenvalue weighted by Crippen LogP contribution is 2.32. The van der Waals surface area contributed by atoms with Crippen LogP contribution in [-0.2, 0) is 27.2 Å². The van der Waals surface area contributed by atoms with Gasteiger partial charge in [-0.2, -0.15) is 5.26 Å². The van der Waals surface area contributed by atoms with Crippen LogP contribution in [0.25, 0.3) is 0 Å². The third-order valence-electron chi connectivity index (χ3n) is 7.03. The van der Waals surface area contributed by atoms with Crippen LogP contribution >= 0.6 is 0 Å². The quantitative estimate of drug-likeness (QED) is 0.542. The fraction of sp³-hybridized carbons (Fsp3) is 0.462. The van der Waals surface area contributed by atoms with Gasteiger partial charge in [0, 0.05) is 38.4 Å². The number of rotatable bonds is 7. The summed E-state index contributed by atoms with van der Waals surface area (Å²) in [4.78, 5) is 49.2. The van der Waals surface area contributed by atoms with E-state index in [0.29, 0.717) is 56.0 Å². The van der Waals surface area contributed by atoms with Crippen LogP contribution in [0.15, 0.2) is 18.3 Å². The number of morpholine rings is 1. The number of carbonyl (C=O) groups excluding carboxylic acids is 3. The zero-order valence-corrected chi connectivity index (χ0v) is 21.0. The predicted molar refractivity (Wildman–Crippen MR) is 134 cm³/mol. The molecule has 2 aromatic rings. The summed E-state index contributed by atoms with van der Waals surface area (Å²) in [5, 5.41) is 12.2. The maximum Gasteiger partial charge on any atom is 0.328 e. The van der Waals surface area contributed by atoms with Gasteiger partial charge < -0.3 is 19.1 Å². The van der Waals surface area contributed by atoms with Gasteiger partial charge in [0.05, 0.1) is 18.9 Å². The number of carbonyl (C=O) groups is 3. The number of amides is 3. The van der Waals surface area contributed by atoms with Gasteiger partial charge in [0.1, 0.15) is 47.4 Å². The van der Waals surface area contributed by atoms with Gasteiger partial charge in [0.2, 0.25) is 5.91 Å². The Morgan fingerprint density at radius 3 is 2.87 bits per heavy atom. The highest BCUT2D eigenvalue weighted by Gasteiger charge is 2.34. The fourth-order valence-corrected chi connectivity index (χ4v) is 4.78. The zero-order chi connectivity index (χ0) is 26.6. The molecule has 4 heterocycles. The van der Waals surface area contributed by atoms with E-state index in [-0.39, 0.29) is 48.3 Å². The zero-order valence-electron chi connectivity index (χ0n) is 21.0. The molecular weight excluding hydrogens is 492 g/mol. The van der Waals surface area contributed by atoms with Crippen molar-refractivity contribution in [3.8, 4) is 11.8 Å². The number of aryl methyl sites for hydroxylation is 1. The number of aldehydes is 1. The SMILES string of the molecule is CO[C@@H]1CCC1Oc1cc(NC(=O)N2CCCc3cc(CN4CCOCC4=O)c(C=O)nc32)ncc1C#N. The van der Waals surface area contributed by atoms with Crippen molar-refractivity contribution >= 4 is 29.9 Å². The van der Waals surface area contributed by atoms with Crippen LogP contribution in [-0.4, -0.2) is 78.7 Å². The van der Waals surface area contributed by atoms with E-state index in [1.54, 1.807) is 12.0 Å². The number of methoxy groups -OCH3 is 1. The first kappa shape index (κ1) is 25.6. The second kappa shape index (κ2) is 11.1. The lowest BCUT2D eigenvalue weighted by atomic mass is 9.92. The molecule has 2 atom stereocenters. The monoisotopic (exact) mass is 520 g/mol. The largest absolute Gasteiger partial charge is 0.486 e. The summed E-state index contributed by atoms with van der Waals surface area (Å²) in [6.07, 6.45) is 4.87. The predicted octanol–water partition coefficient (Wildman–Crippen LogP) is 2.06. The first-order chi connectivity index (χ1) is 18.5. The number of nitrogens with one attached hydrogen (secondary N) is 1. The number of nitriles is 1. The topological polar surface area (TPSA) is 147 Å². The van der Waals surface area contributed by atoms with Crippen LogP contribution in [0.3, 0.4) is 0 Å². The molecule has 3 aliphatic rings. The number of fused-ring (bicyclic) bond motifs is 1. The lowest BCUT2D eigenvalue weighted by molar-refractivity contribution is -0.143. The number of ether oxygens (including phenoxy) is 3. The van der Waals surface area contributed by atoms with Crippen LogP contribution in [0.2, 0.25) is 0 Å². The molecule has 12 heteroatoms. The molecule has 1 saturated heterocycles. The van der Waals surface area contributed by atoms with Crippen LogP contribution in [0, 0.1) is 11.3 Å². The standard InChI is InChI=1S/C26H28N6O6/c1-36-20-4-5-21(20)38-22-10-23(28-12-18(22)11-27)30-26(35)32-6-2-3-16-9-17(19(14-33)29-25(16)32)13-31-7-8-37-15-24(31)34/h9-10,12,14,20-21H,2-8,13,15H2,1H3,(H,28,30,35)/t20-,21?/m1/s1. The third kappa shape index (κ3) is 5.16. The van der Waals surface area contributed by atoms with Gasteiger partial charge >= 0.3 is 6.03 Å². The normalized spacial score (nSPS) is 20.7. The molecule has 1 aliphatic carbocycles. The van der Waals surface area contributed by atoms with Crippen LogP contribution in [0.4, 0.5) is 16.4 Å². The van der Waals surface area contributed by atoms with Crippen molar-refractivity contribution < 1.29 is 28.6 Å². The molecule has 0 bridgehead atoms.